The first-order valence-corrected chi connectivity index (χ1v) is 4.30. The topological polar surface area (TPSA) is 31.4 Å². The number of nitrogens with zero attached hydrogens (tertiary/aromatic N) is 1. The van der Waals surface area contributed by atoms with Crippen LogP contribution in [0.25, 0.3) is 0 Å². The molecule has 0 aliphatic rings. The van der Waals surface area contributed by atoms with E-state index in [2.05, 4.69) is 18.1 Å². The lowest BCUT2D eigenvalue weighted by molar-refractivity contribution is 0.307. The van der Waals surface area contributed by atoms with Gasteiger partial charge in [0.25, 0.3) is 0 Å². The maximum absolute atomic E-state index is 5.37. The number of hydrogen-bond acceptors (Lipinski definition) is 3. The number of rotatable bonds is 6. The van der Waals surface area contributed by atoms with Gasteiger partial charge in [-0.25, -0.2) is 0 Å². The Kier molecular flexibility index (Phi) is 4.27. The van der Waals surface area contributed by atoms with E-state index in [1.165, 1.54) is 0 Å². The van der Waals surface area contributed by atoms with E-state index < -0.39 is 0 Å². The molecule has 0 atom stereocenters. The van der Waals surface area contributed by atoms with Crippen molar-refractivity contribution in [2.24, 2.45) is 0 Å². The molecular weight excluding hydrogens is 178 g/mol. The molecule has 74 valence electrons. The average molecular weight is 191 g/mol. The third kappa shape index (κ3) is 2.94. The summed E-state index contributed by atoms with van der Waals surface area (Å²) < 4.78 is 10.7. The standard InChI is InChI=1S/C11H13NO2/c1-3-7-13-10-5-6-12-9-11(10)14-8-4-2/h3-6,9H,1-2,7-8H2. The Morgan fingerprint density at radius 1 is 1.14 bits per heavy atom. The van der Waals surface area contributed by atoms with Crippen molar-refractivity contribution >= 4 is 0 Å². The molecule has 0 saturated carbocycles. The van der Waals surface area contributed by atoms with Crippen molar-refractivity contribution in [1.82, 2.24) is 4.98 Å². The van der Waals surface area contributed by atoms with Crippen LogP contribution in [0.3, 0.4) is 0 Å². The lowest BCUT2D eigenvalue weighted by atomic mass is 10.4. The van der Waals surface area contributed by atoms with Crippen LogP contribution in [-0.4, -0.2) is 18.2 Å². The molecule has 0 N–H and O–H groups in total. The minimum Gasteiger partial charge on any atom is -0.486 e. The van der Waals surface area contributed by atoms with Crippen molar-refractivity contribution in [3.8, 4) is 11.5 Å². The number of hydrogen-bond donors (Lipinski definition) is 0. The molecule has 3 nitrogen and oxygen atoms in total. The molecule has 1 rings (SSSR count). The van der Waals surface area contributed by atoms with Crippen LogP contribution < -0.4 is 9.47 Å². The van der Waals surface area contributed by atoms with Crippen LogP contribution in [0.15, 0.2) is 43.8 Å². The zero-order chi connectivity index (χ0) is 10.2. The number of pyridine rings is 1. The van der Waals surface area contributed by atoms with Crippen molar-refractivity contribution in [1.29, 1.82) is 0 Å². The van der Waals surface area contributed by atoms with Gasteiger partial charge in [0.05, 0.1) is 6.20 Å². The van der Waals surface area contributed by atoms with Crippen LogP contribution in [0.4, 0.5) is 0 Å². The first-order valence-electron chi connectivity index (χ1n) is 4.30. The van der Waals surface area contributed by atoms with E-state index in [9.17, 15) is 0 Å². The molecule has 3 heteroatoms. The third-order valence-electron chi connectivity index (χ3n) is 1.46. The van der Waals surface area contributed by atoms with Crippen LogP contribution in [0.1, 0.15) is 0 Å². The summed E-state index contributed by atoms with van der Waals surface area (Å²) in [5.74, 6) is 1.29. The zero-order valence-electron chi connectivity index (χ0n) is 7.98. The minimum atomic E-state index is 0.441. The van der Waals surface area contributed by atoms with E-state index in [4.69, 9.17) is 9.47 Å². The van der Waals surface area contributed by atoms with Gasteiger partial charge in [0.15, 0.2) is 11.5 Å². The molecule has 0 spiro atoms. The first-order chi connectivity index (χ1) is 6.88. The van der Waals surface area contributed by atoms with E-state index in [0.29, 0.717) is 24.7 Å². The van der Waals surface area contributed by atoms with Crippen LogP contribution in [-0.2, 0) is 0 Å². The summed E-state index contributed by atoms with van der Waals surface area (Å²) >= 11 is 0. The Morgan fingerprint density at radius 2 is 1.79 bits per heavy atom. The van der Waals surface area contributed by atoms with Crippen LogP contribution >= 0.6 is 0 Å². The summed E-state index contributed by atoms with van der Waals surface area (Å²) in [5, 5.41) is 0. The summed E-state index contributed by atoms with van der Waals surface area (Å²) in [6.45, 7) is 8.03. The highest BCUT2D eigenvalue weighted by atomic mass is 16.5. The molecular formula is C11H13NO2. The Balaban J connectivity index is 2.68. The molecule has 0 aromatic carbocycles. The fourth-order valence-electron chi connectivity index (χ4n) is 0.892. The molecule has 0 saturated heterocycles. The average Bonchev–Trinajstić information content (AvgIpc) is 2.24. The highest BCUT2D eigenvalue weighted by Gasteiger charge is 2.02. The van der Waals surface area contributed by atoms with Crippen molar-refractivity contribution in [3.05, 3.63) is 43.8 Å². The second-order valence-corrected chi connectivity index (χ2v) is 2.52. The van der Waals surface area contributed by atoms with Gasteiger partial charge in [-0.15, -0.1) is 0 Å². The predicted molar refractivity (Wildman–Crippen MR) is 55.6 cm³/mol. The fourth-order valence-corrected chi connectivity index (χ4v) is 0.892. The number of aromatic nitrogens is 1. The smallest absolute Gasteiger partial charge is 0.179 e. The Labute approximate surface area is 83.7 Å². The highest BCUT2D eigenvalue weighted by molar-refractivity contribution is 5.36. The molecule has 0 aliphatic carbocycles. The van der Waals surface area contributed by atoms with Crippen LogP contribution in [0.5, 0.6) is 11.5 Å². The second-order valence-electron chi connectivity index (χ2n) is 2.52. The Hall–Kier alpha value is -1.77. The van der Waals surface area contributed by atoms with Gasteiger partial charge in [-0.2, -0.15) is 0 Å². The van der Waals surface area contributed by atoms with Gasteiger partial charge in [-0.3, -0.25) is 4.98 Å². The normalized spacial score (nSPS) is 9.14. The highest BCUT2D eigenvalue weighted by Crippen LogP contribution is 2.24. The van der Waals surface area contributed by atoms with Crippen molar-refractivity contribution < 1.29 is 9.47 Å². The van der Waals surface area contributed by atoms with E-state index in [0.717, 1.165) is 0 Å². The van der Waals surface area contributed by atoms with Gasteiger partial charge in [0, 0.05) is 12.3 Å². The summed E-state index contributed by atoms with van der Waals surface area (Å²) in [5.41, 5.74) is 0. The summed E-state index contributed by atoms with van der Waals surface area (Å²) in [7, 11) is 0. The van der Waals surface area contributed by atoms with Gasteiger partial charge < -0.3 is 9.47 Å². The van der Waals surface area contributed by atoms with Gasteiger partial charge in [-0.05, 0) is 0 Å². The molecule has 0 bridgehead atoms. The van der Waals surface area contributed by atoms with E-state index in [1.54, 1.807) is 30.6 Å². The first kappa shape index (κ1) is 10.3. The van der Waals surface area contributed by atoms with Crippen molar-refractivity contribution in [2.75, 3.05) is 13.2 Å². The van der Waals surface area contributed by atoms with Gasteiger partial charge >= 0.3 is 0 Å². The molecule has 0 amide bonds. The maximum atomic E-state index is 5.37. The summed E-state index contributed by atoms with van der Waals surface area (Å²) in [4.78, 5) is 3.94. The molecule has 0 radical (unpaired) electrons. The van der Waals surface area contributed by atoms with E-state index in [1.807, 2.05) is 0 Å². The Morgan fingerprint density at radius 3 is 2.43 bits per heavy atom. The van der Waals surface area contributed by atoms with E-state index in [-0.39, 0.29) is 0 Å². The number of ether oxygens (including phenoxy) is 2. The summed E-state index contributed by atoms with van der Waals surface area (Å²) in [6, 6.07) is 1.75. The van der Waals surface area contributed by atoms with Gasteiger partial charge in [0.1, 0.15) is 13.2 Å². The van der Waals surface area contributed by atoms with Crippen molar-refractivity contribution in [3.63, 3.8) is 0 Å². The zero-order valence-corrected chi connectivity index (χ0v) is 7.98. The predicted octanol–water partition coefficient (Wildman–Crippen LogP) is 2.21. The van der Waals surface area contributed by atoms with Crippen LogP contribution in [0, 0.1) is 0 Å². The van der Waals surface area contributed by atoms with Crippen LogP contribution in [0.2, 0.25) is 0 Å². The van der Waals surface area contributed by atoms with E-state index >= 15 is 0 Å². The third-order valence-corrected chi connectivity index (χ3v) is 1.46. The quantitative estimate of drug-likeness (QED) is 0.646. The Bertz CT molecular complexity index is 279. The molecule has 1 heterocycles. The molecule has 0 fully saturated rings. The minimum absolute atomic E-state index is 0.441. The summed E-state index contributed by atoms with van der Waals surface area (Å²) in [6.07, 6.45) is 6.61. The molecule has 0 aliphatic heterocycles. The largest absolute Gasteiger partial charge is 0.486 e. The van der Waals surface area contributed by atoms with Gasteiger partial charge in [-0.1, -0.05) is 25.3 Å². The lowest BCUT2D eigenvalue weighted by Gasteiger charge is -2.09. The monoisotopic (exact) mass is 191 g/mol. The van der Waals surface area contributed by atoms with Crippen molar-refractivity contribution in [2.45, 2.75) is 0 Å². The molecule has 1 aromatic heterocycles. The second kappa shape index (κ2) is 5.80. The lowest BCUT2D eigenvalue weighted by Crippen LogP contribution is -1.99. The van der Waals surface area contributed by atoms with Gasteiger partial charge in [0.2, 0.25) is 0 Å². The molecule has 0 unspecified atom stereocenters. The fraction of sp³-hybridized carbons (Fsp3) is 0.182. The molecule has 14 heavy (non-hydrogen) atoms. The SMILES string of the molecule is C=CCOc1ccncc1OCC=C. The molecule has 1 aromatic rings. The maximum Gasteiger partial charge on any atom is 0.179 e.